The van der Waals surface area contributed by atoms with E-state index in [0.717, 1.165) is 10.4 Å². The summed E-state index contributed by atoms with van der Waals surface area (Å²) in [6.45, 7) is 0.647. The topological polar surface area (TPSA) is 71.5 Å². The standard InChI is InChI=1S/C16H16N2O3S/c19-11-14-10-18-15(22-14)8-4-5-9-17-16(20)21-12-13-6-2-1-3-7-13/h1-3,6-7,10,19H,5,9,11-12H2,(H,17,20). The number of carbonyl (C=O) groups excluding carboxylic acids is 1. The van der Waals surface area contributed by atoms with Crippen molar-refractivity contribution in [2.75, 3.05) is 6.54 Å². The maximum absolute atomic E-state index is 11.5. The van der Waals surface area contributed by atoms with Crippen molar-refractivity contribution in [2.45, 2.75) is 19.6 Å². The third kappa shape index (κ3) is 5.56. The number of carbonyl (C=O) groups is 1. The zero-order valence-electron chi connectivity index (χ0n) is 11.9. The first-order valence-electron chi connectivity index (χ1n) is 6.77. The van der Waals surface area contributed by atoms with Crippen molar-refractivity contribution in [3.05, 3.63) is 52.0 Å². The minimum Gasteiger partial charge on any atom is -0.445 e. The summed E-state index contributed by atoms with van der Waals surface area (Å²) in [5, 5.41) is 12.2. The minimum absolute atomic E-state index is 0.0197. The summed E-state index contributed by atoms with van der Waals surface area (Å²) < 4.78 is 5.07. The Kier molecular flexibility index (Phi) is 6.42. The summed E-state index contributed by atoms with van der Waals surface area (Å²) in [6, 6.07) is 9.50. The van der Waals surface area contributed by atoms with Crippen molar-refractivity contribution in [1.29, 1.82) is 0 Å². The lowest BCUT2D eigenvalue weighted by Gasteiger charge is -2.05. The van der Waals surface area contributed by atoms with Gasteiger partial charge in [-0.1, -0.05) is 36.3 Å². The third-order valence-electron chi connectivity index (χ3n) is 2.64. The van der Waals surface area contributed by atoms with Gasteiger partial charge < -0.3 is 15.2 Å². The van der Waals surface area contributed by atoms with E-state index in [0.29, 0.717) is 18.0 Å². The number of thiazole rings is 1. The maximum Gasteiger partial charge on any atom is 0.407 e. The van der Waals surface area contributed by atoms with Crippen molar-refractivity contribution >= 4 is 17.4 Å². The number of aliphatic hydroxyl groups excluding tert-OH is 1. The van der Waals surface area contributed by atoms with Crippen LogP contribution in [0.25, 0.3) is 0 Å². The number of aliphatic hydroxyl groups is 1. The first kappa shape index (κ1) is 16.0. The molecule has 0 saturated heterocycles. The number of rotatable bonds is 5. The van der Waals surface area contributed by atoms with Gasteiger partial charge in [0.1, 0.15) is 6.61 Å². The van der Waals surface area contributed by atoms with Gasteiger partial charge in [-0.05, 0) is 11.5 Å². The van der Waals surface area contributed by atoms with Crippen molar-refractivity contribution < 1.29 is 14.6 Å². The summed E-state index contributed by atoms with van der Waals surface area (Å²) in [5.74, 6) is 5.80. The highest BCUT2D eigenvalue weighted by atomic mass is 32.1. The second-order valence-corrected chi connectivity index (χ2v) is 5.45. The summed E-state index contributed by atoms with van der Waals surface area (Å²) >= 11 is 1.36. The third-order valence-corrected chi connectivity index (χ3v) is 3.53. The van der Waals surface area contributed by atoms with E-state index in [4.69, 9.17) is 9.84 Å². The Labute approximate surface area is 133 Å². The highest BCUT2D eigenvalue weighted by Gasteiger charge is 2.01. The Morgan fingerprint density at radius 1 is 1.36 bits per heavy atom. The van der Waals surface area contributed by atoms with Gasteiger partial charge in [-0.2, -0.15) is 0 Å². The zero-order chi connectivity index (χ0) is 15.6. The quantitative estimate of drug-likeness (QED) is 0.656. The molecule has 1 heterocycles. The SMILES string of the molecule is O=C(NCCC#Cc1ncc(CO)s1)OCc1ccccc1. The molecule has 5 nitrogen and oxygen atoms in total. The second kappa shape index (κ2) is 8.82. The molecule has 0 spiro atoms. The lowest BCUT2D eigenvalue weighted by Crippen LogP contribution is -2.24. The molecule has 0 fully saturated rings. The molecule has 2 aromatic rings. The first-order valence-corrected chi connectivity index (χ1v) is 7.58. The number of nitrogens with one attached hydrogen (secondary N) is 1. The molecule has 1 amide bonds. The van der Waals surface area contributed by atoms with E-state index in [2.05, 4.69) is 22.1 Å². The van der Waals surface area contributed by atoms with Crippen LogP contribution in [-0.2, 0) is 18.0 Å². The largest absolute Gasteiger partial charge is 0.445 e. The van der Waals surface area contributed by atoms with Crippen molar-refractivity contribution in [3.63, 3.8) is 0 Å². The lowest BCUT2D eigenvalue weighted by atomic mass is 10.2. The molecule has 6 heteroatoms. The molecule has 0 bridgehead atoms. The number of nitrogens with zero attached hydrogens (tertiary/aromatic N) is 1. The predicted octanol–water partition coefficient (Wildman–Crippen LogP) is 2.30. The molecule has 2 N–H and O–H groups in total. The molecular weight excluding hydrogens is 300 g/mol. The van der Waals surface area contributed by atoms with Crippen LogP contribution in [-0.4, -0.2) is 22.7 Å². The Morgan fingerprint density at radius 2 is 2.18 bits per heavy atom. The highest BCUT2D eigenvalue weighted by Crippen LogP contribution is 2.10. The molecule has 0 aliphatic carbocycles. The summed E-state index contributed by atoms with van der Waals surface area (Å²) in [5.41, 5.74) is 0.945. The van der Waals surface area contributed by atoms with Gasteiger partial charge >= 0.3 is 6.09 Å². The van der Waals surface area contributed by atoms with Crippen LogP contribution in [0.4, 0.5) is 4.79 Å². The Balaban J connectivity index is 1.63. The molecule has 22 heavy (non-hydrogen) atoms. The fourth-order valence-electron chi connectivity index (χ4n) is 1.58. The maximum atomic E-state index is 11.5. The fraction of sp³-hybridized carbons (Fsp3) is 0.250. The van der Waals surface area contributed by atoms with Gasteiger partial charge in [0.2, 0.25) is 0 Å². The Morgan fingerprint density at radius 3 is 2.91 bits per heavy atom. The zero-order valence-corrected chi connectivity index (χ0v) is 12.7. The van der Waals surface area contributed by atoms with Crippen LogP contribution < -0.4 is 5.32 Å². The lowest BCUT2D eigenvalue weighted by molar-refractivity contribution is 0.140. The molecule has 1 aromatic heterocycles. The normalized spacial score (nSPS) is 9.68. The van der Waals surface area contributed by atoms with E-state index in [1.807, 2.05) is 30.3 Å². The molecule has 1 aromatic carbocycles. The molecule has 0 unspecified atom stereocenters. The van der Waals surface area contributed by atoms with Crippen LogP contribution in [0, 0.1) is 11.8 Å². The van der Waals surface area contributed by atoms with Crippen LogP contribution in [0.1, 0.15) is 21.9 Å². The van der Waals surface area contributed by atoms with Crippen LogP contribution in [0.3, 0.4) is 0 Å². The summed E-state index contributed by atoms with van der Waals surface area (Å²) in [4.78, 5) is 16.3. The van der Waals surface area contributed by atoms with Crippen molar-refractivity contribution in [1.82, 2.24) is 10.3 Å². The molecular formula is C16H16N2O3S. The van der Waals surface area contributed by atoms with Crippen molar-refractivity contribution in [3.8, 4) is 11.8 Å². The van der Waals surface area contributed by atoms with E-state index in [1.54, 1.807) is 6.20 Å². The highest BCUT2D eigenvalue weighted by molar-refractivity contribution is 7.12. The van der Waals surface area contributed by atoms with Gasteiger partial charge in [-0.15, -0.1) is 11.3 Å². The average molecular weight is 316 g/mol. The van der Waals surface area contributed by atoms with E-state index < -0.39 is 6.09 Å². The number of amides is 1. The minimum atomic E-state index is -0.456. The number of aromatic nitrogens is 1. The number of benzene rings is 1. The van der Waals surface area contributed by atoms with E-state index >= 15 is 0 Å². The monoisotopic (exact) mass is 316 g/mol. The molecule has 0 aliphatic heterocycles. The predicted molar refractivity (Wildman–Crippen MR) is 84.2 cm³/mol. The molecule has 114 valence electrons. The second-order valence-electron chi connectivity index (χ2n) is 4.33. The van der Waals surface area contributed by atoms with E-state index in [9.17, 15) is 4.79 Å². The van der Waals surface area contributed by atoms with Crippen LogP contribution in [0.2, 0.25) is 0 Å². The van der Waals surface area contributed by atoms with Crippen LogP contribution in [0.5, 0.6) is 0 Å². The number of hydrogen-bond acceptors (Lipinski definition) is 5. The summed E-state index contributed by atoms with van der Waals surface area (Å²) in [6.07, 6.45) is 1.66. The molecule has 0 saturated carbocycles. The molecule has 0 radical (unpaired) electrons. The van der Waals surface area contributed by atoms with Gasteiger partial charge in [-0.3, -0.25) is 0 Å². The van der Waals surface area contributed by atoms with Gasteiger partial charge in [-0.25, -0.2) is 9.78 Å². The first-order chi connectivity index (χ1) is 10.8. The van der Waals surface area contributed by atoms with Gasteiger partial charge in [0, 0.05) is 19.2 Å². The molecule has 0 atom stereocenters. The number of alkyl carbamates (subject to hydrolysis) is 1. The Hall–Kier alpha value is -2.36. The van der Waals surface area contributed by atoms with Gasteiger partial charge in [0.25, 0.3) is 0 Å². The fourth-order valence-corrected chi connectivity index (χ4v) is 2.22. The number of hydrogen-bond donors (Lipinski definition) is 2. The molecule has 0 aliphatic rings. The van der Waals surface area contributed by atoms with E-state index in [-0.39, 0.29) is 13.2 Å². The van der Waals surface area contributed by atoms with Crippen LogP contribution in [0.15, 0.2) is 36.5 Å². The van der Waals surface area contributed by atoms with Gasteiger partial charge in [0.15, 0.2) is 5.01 Å². The number of ether oxygens (including phenoxy) is 1. The van der Waals surface area contributed by atoms with Gasteiger partial charge in [0.05, 0.1) is 11.5 Å². The average Bonchev–Trinajstić information content (AvgIpc) is 3.01. The molecule has 2 rings (SSSR count). The Bertz CT molecular complexity index is 659. The van der Waals surface area contributed by atoms with Crippen molar-refractivity contribution in [2.24, 2.45) is 0 Å². The smallest absolute Gasteiger partial charge is 0.407 e. The van der Waals surface area contributed by atoms with E-state index in [1.165, 1.54) is 11.3 Å². The van der Waals surface area contributed by atoms with Crippen LogP contribution >= 0.6 is 11.3 Å². The summed E-state index contributed by atoms with van der Waals surface area (Å²) in [7, 11) is 0.